The predicted molar refractivity (Wildman–Crippen MR) is 125 cm³/mol. The number of anilines is 2. The van der Waals surface area contributed by atoms with E-state index in [1.807, 2.05) is 0 Å². The molecule has 2 fully saturated rings. The maximum Gasteiger partial charge on any atom is 0.230 e. The van der Waals surface area contributed by atoms with Crippen LogP contribution in [0.5, 0.6) is 17.2 Å². The molecule has 2 aromatic heterocycles. The smallest absolute Gasteiger partial charge is 0.230 e. The molecule has 0 radical (unpaired) electrons. The number of rotatable bonds is 6. The Labute approximate surface area is 200 Å². The number of ether oxygens (including phenoxy) is 4. The quantitative estimate of drug-likeness (QED) is 0.540. The second-order valence-corrected chi connectivity index (χ2v) is 8.58. The molecule has 1 aromatic carbocycles. The van der Waals surface area contributed by atoms with E-state index >= 15 is 0 Å². The zero-order valence-corrected chi connectivity index (χ0v) is 19.7. The van der Waals surface area contributed by atoms with E-state index in [1.54, 1.807) is 12.1 Å². The van der Waals surface area contributed by atoms with Crippen LogP contribution in [0.1, 0.15) is 0 Å². The molecule has 0 atom stereocenters. The van der Waals surface area contributed by atoms with Crippen LogP contribution in [0.2, 0.25) is 0 Å². The fourth-order valence-electron chi connectivity index (χ4n) is 3.71. The number of morpholine rings is 2. The fourth-order valence-corrected chi connectivity index (χ4v) is 4.47. The van der Waals surface area contributed by atoms with Crippen molar-refractivity contribution in [1.29, 1.82) is 0 Å². The molecular formula is C21H25N7O5S. The van der Waals surface area contributed by atoms with Crippen LogP contribution in [0.3, 0.4) is 0 Å². The van der Waals surface area contributed by atoms with E-state index in [0.717, 1.165) is 0 Å². The van der Waals surface area contributed by atoms with E-state index in [1.165, 1.54) is 25.6 Å². The van der Waals surface area contributed by atoms with E-state index in [4.69, 9.17) is 33.9 Å². The van der Waals surface area contributed by atoms with E-state index in [9.17, 15) is 5.11 Å². The van der Waals surface area contributed by atoms with Gasteiger partial charge in [-0.05, 0) is 12.1 Å². The van der Waals surface area contributed by atoms with Gasteiger partial charge in [0.25, 0.3) is 0 Å². The lowest BCUT2D eigenvalue weighted by Gasteiger charge is -2.30. The zero-order chi connectivity index (χ0) is 23.5. The fraction of sp³-hybridized carbons (Fsp3) is 0.476. The number of nitrogens with zero attached hydrogens (tertiary/aromatic N) is 7. The summed E-state index contributed by atoms with van der Waals surface area (Å²) < 4.78 is 21.5. The molecule has 34 heavy (non-hydrogen) atoms. The van der Waals surface area contributed by atoms with E-state index in [-0.39, 0.29) is 17.2 Å². The van der Waals surface area contributed by atoms with Gasteiger partial charge in [-0.1, -0.05) is 11.3 Å². The number of hydrogen-bond donors (Lipinski definition) is 1. The molecule has 0 amide bonds. The van der Waals surface area contributed by atoms with E-state index < -0.39 is 0 Å². The summed E-state index contributed by atoms with van der Waals surface area (Å²) in [6, 6.07) is 3.38. The van der Waals surface area contributed by atoms with E-state index in [0.29, 0.717) is 85.9 Å². The van der Waals surface area contributed by atoms with Crippen molar-refractivity contribution in [1.82, 2.24) is 25.1 Å². The Morgan fingerprint density at radius 2 is 1.29 bits per heavy atom. The number of aromatic hydroxyl groups is 1. The Kier molecular flexibility index (Phi) is 6.56. The SMILES string of the molecule is COc1cc(-c2nnc(-c3nc(N4CCOCC4)nc(N4CCOCC4)n3)s2)cc(OC)c1O. The normalized spacial score (nSPS) is 16.5. The van der Waals surface area contributed by atoms with Crippen molar-refractivity contribution in [2.75, 3.05) is 76.6 Å². The minimum atomic E-state index is -0.0683. The summed E-state index contributed by atoms with van der Waals surface area (Å²) in [5.74, 6) is 2.16. The number of phenols is 1. The van der Waals surface area contributed by atoms with Crippen LogP contribution in [0, 0.1) is 0 Å². The first-order valence-corrected chi connectivity index (χ1v) is 11.7. The predicted octanol–water partition coefficient (Wildman–Crippen LogP) is 1.45. The van der Waals surface area contributed by atoms with Gasteiger partial charge in [0.2, 0.25) is 17.6 Å². The summed E-state index contributed by atoms with van der Waals surface area (Å²) in [4.78, 5) is 18.4. The first-order chi connectivity index (χ1) is 16.7. The molecule has 4 heterocycles. The second kappa shape index (κ2) is 9.91. The number of benzene rings is 1. The number of phenolic OH excluding ortho intramolecular Hbond substituents is 1. The molecule has 5 rings (SSSR count). The molecule has 0 saturated carbocycles. The van der Waals surface area contributed by atoms with Gasteiger partial charge in [0.15, 0.2) is 22.3 Å². The molecule has 13 heteroatoms. The van der Waals surface area contributed by atoms with Crippen LogP contribution in [0.4, 0.5) is 11.9 Å². The van der Waals surface area contributed by atoms with Crippen LogP contribution in [0.15, 0.2) is 12.1 Å². The molecular weight excluding hydrogens is 462 g/mol. The first-order valence-electron chi connectivity index (χ1n) is 10.9. The van der Waals surface area contributed by atoms with Crippen LogP contribution < -0.4 is 19.3 Å². The molecule has 1 N–H and O–H groups in total. The molecule has 2 aliphatic rings. The number of methoxy groups -OCH3 is 2. The standard InChI is InChI=1S/C21H25N7O5S/c1-30-14-11-13(12-15(31-2)16(14)29)18-25-26-19(34-18)17-22-20(27-3-7-32-8-4-27)24-21(23-17)28-5-9-33-10-6-28/h11-12,29H,3-10H2,1-2H3. The van der Waals surface area contributed by atoms with Crippen molar-refractivity contribution in [3.63, 3.8) is 0 Å². The highest BCUT2D eigenvalue weighted by atomic mass is 32.1. The Morgan fingerprint density at radius 1 is 0.794 bits per heavy atom. The van der Waals surface area contributed by atoms with Crippen LogP contribution in [-0.2, 0) is 9.47 Å². The lowest BCUT2D eigenvalue weighted by atomic mass is 10.2. The average molecular weight is 488 g/mol. The van der Waals surface area contributed by atoms with Crippen molar-refractivity contribution in [2.24, 2.45) is 0 Å². The van der Waals surface area contributed by atoms with Gasteiger partial charge >= 0.3 is 0 Å². The van der Waals surface area contributed by atoms with Gasteiger partial charge in [0, 0.05) is 31.7 Å². The Morgan fingerprint density at radius 3 is 1.79 bits per heavy atom. The molecule has 0 bridgehead atoms. The highest BCUT2D eigenvalue weighted by Crippen LogP contribution is 2.41. The molecule has 180 valence electrons. The third-order valence-electron chi connectivity index (χ3n) is 5.54. The summed E-state index contributed by atoms with van der Waals surface area (Å²) in [6.07, 6.45) is 0. The highest BCUT2D eigenvalue weighted by molar-refractivity contribution is 7.17. The van der Waals surface area contributed by atoms with E-state index in [2.05, 4.69) is 20.0 Å². The van der Waals surface area contributed by atoms with Crippen LogP contribution in [-0.4, -0.2) is 97.1 Å². The third kappa shape index (κ3) is 4.54. The molecule has 2 aliphatic heterocycles. The maximum absolute atomic E-state index is 10.2. The van der Waals surface area contributed by atoms with Crippen molar-refractivity contribution in [2.45, 2.75) is 0 Å². The van der Waals surface area contributed by atoms with Gasteiger partial charge in [-0.25, -0.2) is 0 Å². The Bertz CT molecular complexity index is 1090. The lowest BCUT2D eigenvalue weighted by molar-refractivity contribution is 0.121. The number of aromatic nitrogens is 5. The monoisotopic (exact) mass is 487 g/mol. The topological polar surface area (TPSA) is 128 Å². The molecule has 2 saturated heterocycles. The third-order valence-corrected chi connectivity index (χ3v) is 6.51. The number of hydrogen-bond acceptors (Lipinski definition) is 13. The molecule has 0 aliphatic carbocycles. The minimum absolute atomic E-state index is 0.0683. The lowest BCUT2D eigenvalue weighted by Crippen LogP contribution is -2.40. The van der Waals surface area contributed by atoms with Crippen molar-refractivity contribution in [3.8, 4) is 38.7 Å². The molecule has 12 nitrogen and oxygen atoms in total. The average Bonchev–Trinajstić information content (AvgIpc) is 3.40. The second-order valence-electron chi connectivity index (χ2n) is 7.60. The van der Waals surface area contributed by atoms with Gasteiger partial charge in [0.05, 0.1) is 40.6 Å². The van der Waals surface area contributed by atoms with Gasteiger partial charge in [-0.3, -0.25) is 0 Å². The summed E-state index contributed by atoms with van der Waals surface area (Å²) in [6.45, 7) is 5.34. The molecule has 0 unspecified atom stereocenters. The molecule has 3 aromatic rings. The highest BCUT2D eigenvalue weighted by Gasteiger charge is 2.23. The van der Waals surface area contributed by atoms with Crippen LogP contribution in [0.25, 0.3) is 21.4 Å². The Hall–Kier alpha value is -3.29. The minimum Gasteiger partial charge on any atom is -0.502 e. The summed E-state index contributed by atoms with van der Waals surface area (Å²) in [5, 5.41) is 20.1. The summed E-state index contributed by atoms with van der Waals surface area (Å²) in [7, 11) is 2.96. The van der Waals surface area contributed by atoms with Crippen LogP contribution >= 0.6 is 11.3 Å². The van der Waals surface area contributed by atoms with Gasteiger partial charge in [-0.15, -0.1) is 10.2 Å². The zero-order valence-electron chi connectivity index (χ0n) is 18.9. The maximum atomic E-state index is 10.2. The van der Waals surface area contributed by atoms with Crippen molar-refractivity contribution < 1.29 is 24.1 Å². The van der Waals surface area contributed by atoms with Gasteiger partial charge < -0.3 is 33.9 Å². The summed E-state index contributed by atoms with van der Waals surface area (Å²) >= 11 is 1.34. The Balaban J connectivity index is 1.52. The van der Waals surface area contributed by atoms with Crippen molar-refractivity contribution >= 4 is 23.2 Å². The van der Waals surface area contributed by atoms with Gasteiger partial charge in [-0.2, -0.15) is 15.0 Å². The van der Waals surface area contributed by atoms with Crippen molar-refractivity contribution in [3.05, 3.63) is 12.1 Å². The first kappa shape index (κ1) is 22.5. The summed E-state index contributed by atoms with van der Waals surface area (Å²) in [5.41, 5.74) is 0.700. The molecule has 0 spiro atoms. The van der Waals surface area contributed by atoms with Gasteiger partial charge in [0.1, 0.15) is 5.01 Å². The largest absolute Gasteiger partial charge is 0.502 e.